The van der Waals surface area contributed by atoms with Crippen LogP contribution in [0.25, 0.3) is 0 Å². The standard InChI is InChI=1S/C10H13NO3S/c1-15-6-5-11-10(14)7-3-2-4-8(12)9(7)13/h2-4,12-13H,5-6H2,1H3,(H,11,14). The molecule has 5 heteroatoms. The molecule has 0 fully saturated rings. The minimum absolute atomic E-state index is 0.0936. The maximum Gasteiger partial charge on any atom is 0.255 e. The molecule has 0 heterocycles. The van der Waals surface area contributed by atoms with Crippen LogP contribution < -0.4 is 5.32 Å². The molecule has 0 aliphatic carbocycles. The van der Waals surface area contributed by atoms with Crippen molar-refractivity contribution in [2.45, 2.75) is 0 Å². The SMILES string of the molecule is CSCCNC(=O)c1cccc(O)c1O. The third kappa shape index (κ3) is 3.06. The summed E-state index contributed by atoms with van der Waals surface area (Å²) >= 11 is 1.62. The van der Waals surface area contributed by atoms with E-state index in [-0.39, 0.29) is 23.0 Å². The van der Waals surface area contributed by atoms with Gasteiger partial charge in [-0.2, -0.15) is 11.8 Å². The molecule has 1 aromatic carbocycles. The van der Waals surface area contributed by atoms with Crippen LogP contribution in [0.15, 0.2) is 18.2 Å². The van der Waals surface area contributed by atoms with Crippen LogP contribution in [0.3, 0.4) is 0 Å². The molecule has 0 spiro atoms. The van der Waals surface area contributed by atoms with Gasteiger partial charge in [0.05, 0.1) is 5.56 Å². The topological polar surface area (TPSA) is 69.6 Å². The van der Waals surface area contributed by atoms with Gasteiger partial charge in [0.15, 0.2) is 11.5 Å². The van der Waals surface area contributed by atoms with Crippen molar-refractivity contribution >= 4 is 17.7 Å². The Morgan fingerprint density at radius 1 is 1.47 bits per heavy atom. The molecule has 0 aromatic heterocycles. The first-order valence-corrected chi connectivity index (χ1v) is 5.84. The Labute approximate surface area is 92.3 Å². The lowest BCUT2D eigenvalue weighted by Crippen LogP contribution is -2.25. The van der Waals surface area contributed by atoms with E-state index in [0.29, 0.717) is 6.54 Å². The first-order chi connectivity index (χ1) is 7.16. The summed E-state index contributed by atoms with van der Waals surface area (Å²) in [6.07, 6.45) is 1.94. The summed E-state index contributed by atoms with van der Waals surface area (Å²) in [5.74, 6) is -0.227. The van der Waals surface area contributed by atoms with Crippen LogP contribution >= 0.6 is 11.8 Å². The Morgan fingerprint density at radius 2 is 2.20 bits per heavy atom. The number of benzene rings is 1. The highest BCUT2D eigenvalue weighted by atomic mass is 32.2. The van der Waals surface area contributed by atoms with Crippen LogP contribution in [0.4, 0.5) is 0 Å². The van der Waals surface area contributed by atoms with E-state index >= 15 is 0 Å². The fourth-order valence-electron chi connectivity index (χ4n) is 1.08. The van der Waals surface area contributed by atoms with Crippen molar-refractivity contribution in [3.05, 3.63) is 23.8 Å². The number of hydrogen-bond acceptors (Lipinski definition) is 4. The lowest BCUT2D eigenvalue weighted by Gasteiger charge is -2.06. The van der Waals surface area contributed by atoms with Gasteiger partial charge in [-0.1, -0.05) is 6.07 Å². The van der Waals surface area contributed by atoms with E-state index in [9.17, 15) is 15.0 Å². The number of amides is 1. The van der Waals surface area contributed by atoms with Crippen molar-refractivity contribution in [3.8, 4) is 11.5 Å². The molecule has 0 aliphatic rings. The van der Waals surface area contributed by atoms with Crippen molar-refractivity contribution in [1.82, 2.24) is 5.32 Å². The summed E-state index contributed by atoms with van der Waals surface area (Å²) in [5, 5.41) is 21.2. The molecule has 0 aliphatic heterocycles. The number of carbonyl (C=O) groups is 1. The zero-order valence-electron chi connectivity index (χ0n) is 8.36. The first kappa shape index (κ1) is 11.7. The molecule has 82 valence electrons. The number of phenols is 2. The Morgan fingerprint density at radius 3 is 2.87 bits per heavy atom. The molecular formula is C10H13NO3S. The van der Waals surface area contributed by atoms with E-state index in [1.54, 1.807) is 11.8 Å². The van der Waals surface area contributed by atoms with Gasteiger partial charge in [-0.05, 0) is 18.4 Å². The highest BCUT2D eigenvalue weighted by Crippen LogP contribution is 2.27. The number of nitrogens with one attached hydrogen (secondary N) is 1. The van der Waals surface area contributed by atoms with Crippen molar-refractivity contribution in [2.75, 3.05) is 18.6 Å². The Bertz CT molecular complexity index is 355. The summed E-state index contributed by atoms with van der Waals surface area (Å²) < 4.78 is 0. The summed E-state index contributed by atoms with van der Waals surface area (Å²) in [5.41, 5.74) is 0.0936. The number of para-hydroxylation sites is 1. The summed E-state index contributed by atoms with van der Waals surface area (Å²) in [7, 11) is 0. The first-order valence-electron chi connectivity index (χ1n) is 4.45. The molecule has 1 rings (SSSR count). The van der Waals surface area contributed by atoms with E-state index in [1.807, 2.05) is 6.26 Å². The van der Waals surface area contributed by atoms with Crippen LogP contribution in [0.5, 0.6) is 11.5 Å². The van der Waals surface area contributed by atoms with Crippen LogP contribution in [0.2, 0.25) is 0 Å². The third-order valence-corrected chi connectivity index (χ3v) is 2.46. The van der Waals surface area contributed by atoms with Gasteiger partial charge in [-0.3, -0.25) is 4.79 Å². The summed E-state index contributed by atoms with van der Waals surface area (Å²) in [4.78, 5) is 11.5. The fourth-order valence-corrected chi connectivity index (χ4v) is 1.38. The van der Waals surface area contributed by atoms with E-state index in [4.69, 9.17) is 0 Å². The summed E-state index contributed by atoms with van der Waals surface area (Å²) in [6, 6.07) is 4.30. The number of hydrogen-bond donors (Lipinski definition) is 3. The number of carbonyl (C=O) groups excluding carboxylic acids is 1. The quantitative estimate of drug-likeness (QED) is 0.534. The smallest absolute Gasteiger partial charge is 0.255 e. The van der Waals surface area contributed by atoms with Gasteiger partial charge >= 0.3 is 0 Å². The molecule has 15 heavy (non-hydrogen) atoms. The highest BCUT2D eigenvalue weighted by molar-refractivity contribution is 7.98. The third-order valence-electron chi connectivity index (χ3n) is 1.85. The van der Waals surface area contributed by atoms with Gasteiger partial charge in [-0.15, -0.1) is 0 Å². The molecule has 0 bridgehead atoms. The van der Waals surface area contributed by atoms with Gasteiger partial charge in [0.2, 0.25) is 0 Å². The van der Waals surface area contributed by atoms with Gasteiger partial charge < -0.3 is 15.5 Å². The predicted octanol–water partition coefficient (Wildman–Crippen LogP) is 1.19. The van der Waals surface area contributed by atoms with Crippen molar-refractivity contribution < 1.29 is 15.0 Å². The minimum Gasteiger partial charge on any atom is -0.504 e. The Balaban J connectivity index is 2.69. The number of thioether (sulfide) groups is 1. The van der Waals surface area contributed by atoms with Gasteiger partial charge in [-0.25, -0.2) is 0 Å². The van der Waals surface area contributed by atoms with Crippen LogP contribution in [-0.4, -0.2) is 34.7 Å². The Kier molecular flexibility index (Phi) is 4.30. The average Bonchev–Trinajstić information content (AvgIpc) is 2.22. The van der Waals surface area contributed by atoms with Gasteiger partial charge in [0.25, 0.3) is 5.91 Å². The molecule has 0 unspecified atom stereocenters. The minimum atomic E-state index is -0.377. The van der Waals surface area contributed by atoms with Gasteiger partial charge in [0, 0.05) is 12.3 Å². The largest absolute Gasteiger partial charge is 0.504 e. The van der Waals surface area contributed by atoms with E-state index in [0.717, 1.165) is 5.75 Å². The maximum atomic E-state index is 11.5. The molecule has 1 aromatic rings. The van der Waals surface area contributed by atoms with Crippen molar-refractivity contribution in [2.24, 2.45) is 0 Å². The van der Waals surface area contributed by atoms with E-state index in [2.05, 4.69) is 5.32 Å². The zero-order chi connectivity index (χ0) is 11.3. The number of aromatic hydroxyl groups is 2. The van der Waals surface area contributed by atoms with Crippen LogP contribution in [0.1, 0.15) is 10.4 Å². The second-order valence-corrected chi connectivity index (χ2v) is 3.91. The predicted molar refractivity (Wildman–Crippen MR) is 60.5 cm³/mol. The molecule has 0 saturated heterocycles. The van der Waals surface area contributed by atoms with Gasteiger partial charge in [0.1, 0.15) is 0 Å². The van der Waals surface area contributed by atoms with Crippen LogP contribution in [-0.2, 0) is 0 Å². The van der Waals surface area contributed by atoms with E-state index < -0.39 is 0 Å². The molecule has 3 N–H and O–H groups in total. The maximum absolute atomic E-state index is 11.5. The second-order valence-electron chi connectivity index (χ2n) is 2.92. The van der Waals surface area contributed by atoms with Crippen LogP contribution in [0, 0.1) is 0 Å². The van der Waals surface area contributed by atoms with E-state index in [1.165, 1.54) is 18.2 Å². The number of rotatable bonds is 4. The molecule has 0 saturated carbocycles. The lowest BCUT2D eigenvalue weighted by atomic mass is 10.2. The molecule has 0 radical (unpaired) electrons. The fraction of sp³-hybridized carbons (Fsp3) is 0.300. The molecule has 4 nitrogen and oxygen atoms in total. The highest BCUT2D eigenvalue weighted by Gasteiger charge is 2.12. The molecular weight excluding hydrogens is 214 g/mol. The molecule has 1 amide bonds. The zero-order valence-corrected chi connectivity index (χ0v) is 9.17. The van der Waals surface area contributed by atoms with Crippen molar-refractivity contribution in [3.63, 3.8) is 0 Å². The van der Waals surface area contributed by atoms with Crippen molar-refractivity contribution in [1.29, 1.82) is 0 Å². The molecule has 0 atom stereocenters. The summed E-state index contributed by atoms with van der Waals surface area (Å²) in [6.45, 7) is 0.537. The normalized spacial score (nSPS) is 9.93. The average molecular weight is 227 g/mol. The monoisotopic (exact) mass is 227 g/mol. The number of phenolic OH excluding ortho intramolecular Hbond substituents is 2. The lowest BCUT2D eigenvalue weighted by molar-refractivity contribution is 0.0953. The second kappa shape index (κ2) is 5.50. The Hall–Kier alpha value is -1.36.